The van der Waals surface area contributed by atoms with Crippen LogP contribution in [0.15, 0.2) is 30.3 Å². The molecule has 0 aliphatic heterocycles. The third kappa shape index (κ3) is 16.8. The number of likely N-dealkylation sites (N-methyl/N-ethyl adjacent to an activating group) is 1. The molecular weight excluding hydrogens is 328 g/mol. The molecule has 1 rings (SSSR count). The SMILES string of the molecule is CC.CC.CCN(CC)CCNC(=O)c1ccccc1.CNC(=O)NC. The first-order chi connectivity index (χ1) is 12.6. The fourth-order valence-corrected chi connectivity index (χ4v) is 1.68. The molecule has 6 nitrogen and oxygen atoms in total. The molecule has 0 spiro atoms. The molecule has 0 saturated carbocycles. The van der Waals surface area contributed by atoms with Crippen molar-refractivity contribution in [2.75, 3.05) is 40.3 Å². The standard InChI is InChI=1S/C13H20N2O.C3H8N2O.2C2H6/c1-3-15(4-2)11-10-14-13(16)12-8-6-5-7-9-12;1-4-3(6)5-2;2*1-2/h5-9H,3-4,10-11H2,1-2H3,(H,14,16);1-2H3,(H2,4,5,6);2*1-2H3. The summed E-state index contributed by atoms with van der Waals surface area (Å²) in [6, 6.07) is 9.15. The first kappa shape index (κ1) is 28.7. The summed E-state index contributed by atoms with van der Waals surface area (Å²) < 4.78 is 0. The topological polar surface area (TPSA) is 73.5 Å². The Morgan fingerprint density at radius 3 is 1.69 bits per heavy atom. The zero-order valence-corrected chi connectivity index (χ0v) is 18.0. The summed E-state index contributed by atoms with van der Waals surface area (Å²) in [7, 11) is 3.14. The number of hydrogen-bond acceptors (Lipinski definition) is 3. The summed E-state index contributed by atoms with van der Waals surface area (Å²) in [6.07, 6.45) is 0. The van der Waals surface area contributed by atoms with Crippen LogP contribution in [0.3, 0.4) is 0 Å². The van der Waals surface area contributed by atoms with E-state index in [1.807, 2.05) is 58.0 Å². The summed E-state index contributed by atoms with van der Waals surface area (Å²) in [4.78, 5) is 23.9. The number of urea groups is 1. The lowest BCUT2D eigenvalue weighted by Gasteiger charge is -2.17. The van der Waals surface area contributed by atoms with Crippen molar-refractivity contribution in [3.63, 3.8) is 0 Å². The van der Waals surface area contributed by atoms with Crippen molar-refractivity contribution in [1.82, 2.24) is 20.9 Å². The smallest absolute Gasteiger partial charge is 0.314 e. The van der Waals surface area contributed by atoms with Crippen LogP contribution >= 0.6 is 0 Å². The lowest BCUT2D eigenvalue weighted by molar-refractivity contribution is 0.0949. The average molecular weight is 369 g/mol. The van der Waals surface area contributed by atoms with E-state index in [1.54, 1.807) is 14.1 Å². The van der Waals surface area contributed by atoms with Crippen LogP contribution in [0.25, 0.3) is 0 Å². The Kier molecular flexibility index (Phi) is 25.3. The van der Waals surface area contributed by atoms with E-state index in [0.717, 1.165) is 25.2 Å². The predicted octanol–water partition coefficient (Wildman–Crippen LogP) is 3.36. The number of nitrogens with zero attached hydrogens (tertiary/aromatic N) is 1. The van der Waals surface area contributed by atoms with Crippen LogP contribution in [-0.2, 0) is 0 Å². The fraction of sp³-hybridized carbons (Fsp3) is 0.600. The number of carbonyl (C=O) groups is 2. The van der Waals surface area contributed by atoms with Crippen LogP contribution in [0, 0.1) is 0 Å². The van der Waals surface area contributed by atoms with Crippen LogP contribution < -0.4 is 16.0 Å². The fourth-order valence-electron chi connectivity index (χ4n) is 1.68. The summed E-state index contributed by atoms with van der Waals surface area (Å²) >= 11 is 0. The van der Waals surface area contributed by atoms with Gasteiger partial charge in [-0.25, -0.2) is 4.79 Å². The first-order valence-corrected chi connectivity index (χ1v) is 9.54. The highest BCUT2D eigenvalue weighted by atomic mass is 16.2. The molecular formula is C20H40N4O2. The molecule has 1 aromatic rings. The molecule has 3 N–H and O–H groups in total. The second-order valence-electron chi connectivity index (χ2n) is 4.48. The average Bonchev–Trinajstić information content (AvgIpc) is 2.74. The minimum absolute atomic E-state index is 0.00718. The predicted molar refractivity (Wildman–Crippen MR) is 113 cm³/mol. The highest BCUT2D eigenvalue weighted by Gasteiger charge is 2.04. The molecule has 1 aromatic carbocycles. The Morgan fingerprint density at radius 1 is 0.885 bits per heavy atom. The van der Waals surface area contributed by atoms with Gasteiger partial charge in [0.05, 0.1) is 0 Å². The van der Waals surface area contributed by atoms with E-state index in [2.05, 4.69) is 34.7 Å². The van der Waals surface area contributed by atoms with Crippen molar-refractivity contribution in [3.8, 4) is 0 Å². The normalized spacial score (nSPS) is 8.50. The summed E-state index contributed by atoms with van der Waals surface area (Å²) in [6.45, 7) is 15.9. The van der Waals surface area contributed by atoms with Crippen molar-refractivity contribution >= 4 is 11.9 Å². The monoisotopic (exact) mass is 368 g/mol. The second-order valence-corrected chi connectivity index (χ2v) is 4.48. The van der Waals surface area contributed by atoms with Gasteiger partial charge >= 0.3 is 6.03 Å². The Hall–Kier alpha value is -2.08. The maximum absolute atomic E-state index is 11.7. The van der Waals surface area contributed by atoms with Gasteiger partial charge in [-0.1, -0.05) is 59.7 Å². The Balaban J connectivity index is -0.000000445. The second kappa shape index (κ2) is 22.9. The van der Waals surface area contributed by atoms with Gasteiger partial charge in [-0.05, 0) is 25.2 Å². The zero-order chi connectivity index (χ0) is 20.8. The molecule has 26 heavy (non-hydrogen) atoms. The third-order valence-electron chi connectivity index (χ3n) is 3.10. The van der Waals surface area contributed by atoms with Crippen LogP contribution in [0.2, 0.25) is 0 Å². The Bertz CT molecular complexity index is 415. The molecule has 0 aliphatic carbocycles. The van der Waals surface area contributed by atoms with Crippen molar-refractivity contribution < 1.29 is 9.59 Å². The highest BCUT2D eigenvalue weighted by Crippen LogP contribution is 1.97. The van der Waals surface area contributed by atoms with Gasteiger partial charge in [-0.2, -0.15) is 0 Å². The van der Waals surface area contributed by atoms with Gasteiger partial charge in [0.15, 0.2) is 0 Å². The number of hydrogen-bond donors (Lipinski definition) is 3. The summed E-state index contributed by atoms with van der Waals surface area (Å²) in [5.74, 6) is 0.00718. The van der Waals surface area contributed by atoms with E-state index >= 15 is 0 Å². The molecule has 0 radical (unpaired) electrons. The third-order valence-corrected chi connectivity index (χ3v) is 3.10. The lowest BCUT2D eigenvalue weighted by Crippen LogP contribution is -2.34. The van der Waals surface area contributed by atoms with Gasteiger partial charge in [0.1, 0.15) is 0 Å². The van der Waals surface area contributed by atoms with Crippen LogP contribution in [-0.4, -0.2) is 57.1 Å². The molecule has 0 saturated heterocycles. The lowest BCUT2D eigenvalue weighted by atomic mass is 10.2. The number of rotatable bonds is 6. The van der Waals surface area contributed by atoms with E-state index < -0.39 is 0 Å². The van der Waals surface area contributed by atoms with Gasteiger partial charge < -0.3 is 20.9 Å². The van der Waals surface area contributed by atoms with E-state index in [4.69, 9.17) is 0 Å². The Labute approximate surface area is 160 Å². The maximum atomic E-state index is 11.7. The Morgan fingerprint density at radius 2 is 1.35 bits per heavy atom. The number of benzene rings is 1. The van der Waals surface area contributed by atoms with Crippen molar-refractivity contribution in [2.45, 2.75) is 41.5 Å². The maximum Gasteiger partial charge on any atom is 0.314 e. The van der Waals surface area contributed by atoms with Crippen molar-refractivity contribution in [1.29, 1.82) is 0 Å². The van der Waals surface area contributed by atoms with Crippen molar-refractivity contribution in [2.24, 2.45) is 0 Å². The molecule has 152 valence electrons. The van der Waals surface area contributed by atoms with E-state index in [1.165, 1.54) is 0 Å². The molecule has 0 unspecified atom stereocenters. The summed E-state index contributed by atoms with van der Waals surface area (Å²) in [5, 5.41) is 7.65. The largest absolute Gasteiger partial charge is 0.351 e. The van der Waals surface area contributed by atoms with E-state index in [9.17, 15) is 9.59 Å². The molecule has 6 heteroatoms. The first-order valence-electron chi connectivity index (χ1n) is 9.54. The quantitative estimate of drug-likeness (QED) is 0.721. The zero-order valence-electron chi connectivity index (χ0n) is 18.0. The van der Waals surface area contributed by atoms with Crippen molar-refractivity contribution in [3.05, 3.63) is 35.9 Å². The van der Waals surface area contributed by atoms with Gasteiger partial charge in [-0.3, -0.25) is 4.79 Å². The summed E-state index contributed by atoms with van der Waals surface area (Å²) in [5.41, 5.74) is 0.724. The van der Waals surface area contributed by atoms with Crippen LogP contribution in [0.5, 0.6) is 0 Å². The van der Waals surface area contributed by atoms with Crippen LogP contribution in [0.4, 0.5) is 4.79 Å². The van der Waals surface area contributed by atoms with Gasteiger partial charge in [0.25, 0.3) is 5.91 Å². The number of carbonyl (C=O) groups excluding carboxylic acids is 2. The van der Waals surface area contributed by atoms with Gasteiger partial charge in [0, 0.05) is 32.7 Å². The minimum Gasteiger partial charge on any atom is -0.351 e. The molecule has 0 fully saturated rings. The molecule has 3 amide bonds. The van der Waals surface area contributed by atoms with Crippen LogP contribution in [0.1, 0.15) is 51.9 Å². The molecule has 0 atom stereocenters. The number of nitrogens with one attached hydrogen (secondary N) is 3. The molecule has 0 aliphatic rings. The molecule has 0 aromatic heterocycles. The van der Waals surface area contributed by atoms with E-state index in [0.29, 0.717) is 6.54 Å². The van der Waals surface area contributed by atoms with Gasteiger partial charge in [-0.15, -0.1) is 0 Å². The number of amides is 3. The van der Waals surface area contributed by atoms with Gasteiger partial charge in [0.2, 0.25) is 0 Å². The molecule has 0 bridgehead atoms. The molecule has 0 heterocycles. The highest BCUT2D eigenvalue weighted by molar-refractivity contribution is 5.94. The van der Waals surface area contributed by atoms with E-state index in [-0.39, 0.29) is 11.9 Å². The minimum atomic E-state index is -0.157.